The molecule has 25 heavy (non-hydrogen) atoms. The van der Waals surface area contributed by atoms with Crippen LogP contribution in [0.2, 0.25) is 0 Å². The molecule has 0 spiro atoms. The summed E-state index contributed by atoms with van der Waals surface area (Å²) in [5.74, 6) is 2.19. The van der Waals surface area contributed by atoms with Crippen LogP contribution in [0.3, 0.4) is 0 Å². The molecular weight excluding hydrogens is 443 g/mol. The van der Waals surface area contributed by atoms with E-state index in [1.54, 1.807) is 0 Å². The fraction of sp³-hybridized carbons (Fsp3) is 0.632. The Balaban J connectivity index is 0.00000312. The maximum Gasteiger partial charge on any atom is 0.191 e. The van der Waals surface area contributed by atoms with Crippen LogP contribution in [0.15, 0.2) is 35.3 Å². The van der Waals surface area contributed by atoms with Crippen LogP contribution in [0.5, 0.6) is 0 Å². The number of nitrogens with one attached hydrogen (secondary N) is 3. The summed E-state index contributed by atoms with van der Waals surface area (Å²) in [6, 6.07) is 10.9. The highest BCUT2D eigenvalue weighted by molar-refractivity contribution is 14.0. The minimum absolute atomic E-state index is 0. The van der Waals surface area contributed by atoms with Crippen LogP contribution in [0.25, 0.3) is 0 Å². The molecule has 1 aliphatic heterocycles. The van der Waals surface area contributed by atoms with Crippen LogP contribution in [0.4, 0.5) is 0 Å². The zero-order valence-electron chi connectivity index (χ0n) is 15.8. The van der Waals surface area contributed by atoms with E-state index in [9.17, 15) is 0 Å². The lowest BCUT2D eigenvalue weighted by Crippen LogP contribution is -2.52. The van der Waals surface area contributed by atoms with Crippen LogP contribution in [0, 0.1) is 0 Å². The van der Waals surface area contributed by atoms with Crippen molar-refractivity contribution >= 4 is 41.7 Å². The second-order valence-corrected chi connectivity index (χ2v) is 8.51. The van der Waals surface area contributed by atoms with Gasteiger partial charge in [0, 0.05) is 37.0 Å². The van der Waals surface area contributed by atoms with Crippen LogP contribution >= 0.6 is 35.7 Å². The van der Waals surface area contributed by atoms with Crippen LogP contribution < -0.4 is 16.0 Å². The molecule has 1 heterocycles. The zero-order chi connectivity index (χ0) is 17.4. The van der Waals surface area contributed by atoms with E-state index in [1.165, 1.54) is 24.2 Å². The number of aliphatic imine (C=N–C) groups is 1. The normalized spacial score (nSPS) is 19.2. The fourth-order valence-electron chi connectivity index (χ4n) is 3.00. The van der Waals surface area contributed by atoms with E-state index in [2.05, 4.69) is 83.8 Å². The minimum Gasteiger partial charge on any atom is -0.355 e. The quantitative estimate of drug-likeness (QED) is 0.319. The molecule has 0 bridgehead atoms. The van der Waals surface area contributed by atoms with E-state index < -0.39 is 0 Å². The summed E-state index contributed by atoms with van der Waals surface area (Å²) >= 11 is 2.07. The van der Waals surface area contributed by atoms with Gasteiger partial charge in [-0.3, -0.25) is 4.99 Å². The molecule has 2 atom stereocenters. The summed E-state index contributed by atoms with van der Waals surface area (Å²) in [6.07, 6.45) is 2.66. The van der Waals surface area contributed by atoms with Gasteiger partial charge in [0.15, 0.2) is 5.96 Å². The summed E-state index contributed by atoms with van der Waals surface area (Å²) in [6.45, 7) is 8.47. The average molecular weight is 476 g/mol. The standard InChI is InChI=1S/C19H32N4S.HI/c1-15(16-9-6-5-7-10-16)23-19(2,3)14-22-18(20-4)21-13-17-11-8-12-24-17;/h5-7,9-10,15,17,23H,8,11-14H2,1-4H3,(H2,20,21,22);1H. The molecule has 1 saturated heterocycles. The number of guanidine groups is 1. The lowest BCUT2D eigenvalue weighted by Gasteiger charge is -2.31. The molecule has 3 N–H and O–H groups in total. The zero-order valence-corrected chi connectivity index (χ0v) is 19.0. The van der Waals surface area contributed by atoms with Gasteiger partial charge in [-0.1, -0.05) is 30.3 Å². The SMILES string of the molecule is CN=C(NCC1CCCS1)NCC(C)(C)NC(C)c1ccccc1.I. The fourth-order valence-corrected chi connectivity index (χ4v) is 4.20. The predicted octanol–water partition coefficient (Wildman–Crippen LogP) is 3.79. The van der Waals surface area contributed by atoms with Gasteiger partial charge in [-0.05, 0) is 44.9 Å². The van der Waals surface area contributed by atoms with E-state index in [0.717, 1.165) is 24.3 Å². The third kappa shape index (κ3) is 8.17. The minimum atomic E-state index is -0.0328. The van der Waals surface area contributed by atoms with Crippen molar-refractivity contribution in [2.75, 3.05) is 25.9 Å². The molecule has 1 aliphatic rings. The first-order chi connectivity index (χ1) is 11.5. The second-order valence-electron chi connectivity index (χ2n) is 7.10. The Kier molecular flexibility index (Phi) is 10.2. The molecule has 142 valence electrons. The second kappa shape index (κ2) is 11.3. The first kappa shape index (κ1) is 22.6. The van der Waals surface area contributed by atoms with Gasteiger partial charge >= 0.3 is 0 Å². The number of hydrogen-bond donors (Lipinski definition) is 3. The molecule has 2 rings (SSSR count). The Morgan fingerprint density at radius 3 is 2.60 bits per heavy atom. The molecule has 0 saturated carbocycles. The third-order valence-electron chi connectivity index (χ3n) is 4.35. The van der Waals surface area contributed by atoms with Crippen molar-refractivity contribution in [1.29, 1.82) is 0 Å². The molecule has 0 radical (unpaired) electrons. The van der Waals surface area contributed by atoms with Gasteiger partial charge in [0.2, 0.25) is 0 Å². The number of rotatable bonds is 7. The highest BCUT2D eigenvalue weighted by Crippen LogP contribution is 2.25. The van der Waals surface area contributed by atoms with Crippen molar-refractivity contribution in [3.8, 4) is 0 Å². The highest BCUT2D eigenvalue weighted by atomic mass is 127. The Hall–Kier alpha value is -0.470. The molecule has 2 unspecified atom stereocenters. The Morgan fingerprint density at radius 2 is 2.00 bits per heavy atom. The van der Waals surface area contributed by atoms with Crippen molar-refractivity contribution in [3.05, 3.63) is 35.9 Å². The number of hydrogen-bond acceptors (Lipinski definition) is 3. The molecule has 0 amide bonds. The Morgan fingerprint density at radius 1 is 1.28 bits per heavy atom. The van der Waals surface area contributed by atoms with Crippen molar-refractivity contribution in [2.45, 2.75) is 50.4 Å². The number of halogens is 1. The van der Waals surface area contributed by atoms with Gasteiger partial charge in [0.25, 0.3) is 0 Å². The molecule has 1 fully saturated rings. The van der Waals surface area contributed by atoms with Crippen LogP contribution in [-0.2, 0) is 0 Å². The smallest absolute Gasteiger partial charge is 0.191 e. The summed E-state index contributed by atoms with van der Waals surface area (Å²) in [5, 5.41) is 11.3. The van der Waals surface area contributed by atoms with E-state index in [1.807, 2.05) is 7.05 Å². The molecule has 6 heteroatoms. The third-order valence-corrected chi connectivity index (χ3v) is 5.75. The first-order valence-corrected chi connectivity index (χ1v) is 9.94. The summed E-state index contributed by atoms with van der Waals surface area (Å²) < 4.78 is 0. The van der Waals surface area contributed by atoms with E-state index in [-0.39, 0.29) is 29.5 Å². The molecule has 0 aliphatic carbocycles. The summed E-state index contributed by atoms with van der Waals surface area (Å²) in [4.78, 5) is 4.35. The summed E-state index contributed by atoms with van der Waals surface area (Å²) in [7, 11) is 1.84. The maximum atomic E-state index is 4.35. The number of benzene rings is 1. The molecule has 1 aromatic carbocycles. The van der Waals surface area contributed by atoms with Gasteiger partial charge in [-0.2, -0.15) is 11.8 Å². The van der Waals surface area contributed by atoms with Crippen LogP contribution in [0.1, 0.15) is 45.2 Å². The van der Waals surface area contributed by atoms with Gasteiger partial charge < -0.3 is 16.0 Å². The van der Waals surface area contributed by atoms with Gasteiger partial charge in [-0.15, -0.1) is 24.0 Å². The van der Waals surface area contributed by atoms with Crippen molar-refractivity contribution < 1.29 is 0 Å². The van der Waals surface area contributed by atoms with Gasteiger partial charge in [0.1, 0.15) is 0 Å². The van der Waals surface area contributed by atoms with Crippen molar-refractivity contribution in [3.63, 3.8) is 0 Å². The number of nitrogens with zero attached hydrogens (tertiary/aromatic N) is 1. The predicted molar refractivity (Wildman–Crippen MR) is 122 cm³/mol. The van der Waals surface area contributed by atoms with Gasteiger partial charge in [0.05, 0.1) is 0 Å². The Labute approximate surface area is 174 Å². The van der Waals surface area contributed by atoms with Gasteiger partial charge in [-0.25, -0.2) is 0 Å². The topological polar surface area (TPSA) is 48.5 Å². The first-order valence-electron chi connectivity index (χ1n) is 8.89. The molecule has 0 aromatic heterocycles. The Bertz CT molecular complexity index is 515. The van der Waals surface area contributed by atoms with Crippen molar-refractivity contribution in [2.24, 2.45) is 4.99 Å². The highest BCUT2D eigenvalue weighted by Gasteiger charge is 2.21. The lowest BCUT2D eigenvalue weighted by molar-refractivity contribution is 0.345. The number of thioether (sulfide) groups is 1. The average Bonchev–Trinajstić information content (AvgIpc) is 3.09. The molecule has 4 nitrogen and oxygen atoms in total. The molecular formula is C19H33IN4S. The van der Waals surface area contributed by atoms with Crippen molar-refractivity contribution in [1.82, 2.24) is 16.0 Å². The largest absolute Gasteiger partial charge is 0.355 e. The summed E-state index contributed by atoms with van der Waals surface area (Å²) in [5.41, 5.74) is 1.28. The van der Waals surface area contributed by atoms with E-state index in [0.29, 0.717) is 6.04 Å². The van der Waals surface area contributed by atoms with Crippen LogP contribution in [-0.4, -0.2) is 42.6 Å². The van der Waals surface area contributed by atoms with E-state index in [4.69, 9.17) is 0 Å². The lowest BCUT2D eigenvalue weighted by atomic mass is 10.0. The molecule has 1 aromatic rings. The maximum absolute atomic E-state index is 4.35. The van der Waals surface area contributed by atoms with E-state index >= 15 is 0 Å². The monoisotopic (exact) mass is 476 g/mol.